The molecule has 1 aliphatic rings. The number of nitrogens with zero attached hydrogens (tertiary/aromatic N) is 3. The fourth-order valence-corrected chi connectivity index (χ4v) is 10.7. The van der Waals surface area contributed by atoms with Crippen LogP contribution in [0.5, 0.6) is 0 Å². The molecule has 0 N–H and O–H groups in total. The lowest BCUT2D eigenvalue weighted by atomic mass is 9.78. The molecule has 69 heavy (non-hydrogen) atoms. The summed E-state index contributed by atoms with van der Waals surface area (Å²) in [4.78, 5) is 15.9. The standard InChI is InChI=1S/C66H45N3/c1-66(2)57-20-12-11-19-56(57)64-63(66)61(62-55-18-10-9-17-47(55)37-38-58(62)67-64)50-31-25-46(26-32-50)51-33-34-53-40-54(36-35-52(53)39-51)65-68-59(48-27-21-44(22-28-48)42-13-5-3-6-14-42)41-60(69-65)49-29-23-45(24-30-49)43-15-7-4-8-16-43/h3-41H,1-2H3. The average Bonchev–Trinajstić information content (AvgIpc) is 3.65. The van der Waals surface area contributed by atoms with Crippen LogP contribution >= 0.6 is 0 Å². The first kappa shape index (κ1) is 40.5. The second-order valence-electron chi connectivity index (χ2n) is 18.8. The van der Waals surface area contributed by atoms with Crippen LogP contribution in [0.15, 0.2) is 237 Å². The summed E-state index contributed by atoms with van der Waals surface area (Å²) in [6, 6.07) is 84.9. The van der Waals surface area contributed by atoms with Crippen LogP contribution in [0.25, 0.3) is 122 Å². The van der Waals surface area contributed by atoms with Crippen molar-refractivity contribution in [3.05, 3.63) is 248 Å². The number of benzene rings is 10. The fraction of sp³-hybridized carbons (Fsp3) is 0.0455. The van der Waals surface area contributed by atoms with Crippen molar-refractivity contribution in [3.8, 4) is 89.7 Å². The van der Waals surface area contributed by atoms with Gasteiger partial charge in [-0.15, -0.1) is 0 Å². The van der Waals surface area contributed by atoms with E-state index in [0.717, 1.165) is 50.1 Å². The van der Waals surface area contributed by atoms with Gasteiger partial charge in [-0.2, -0.15) is 0 Å². The molecule has 0 radical (unpaired) electrons. The summed E-state index contributed by atoms with van der Waals surface area (Å²) >= 11 is 0. The number of hydrogen-bond acceptors (Lipinski definition) is 3. The number of pyridine rings is 1. The SMILES string of the molecule is CC1(C)c2ccccc2-c2nc3ccc4ccccc4c3c(-c3ccc(-c4ccc5cc(-c6nc(-c7ccc(-c8ccccc8)cc7)cc(-c7ccc(-c8ccccc8)cc7)n6)ccc5c4)cc3)c21. The van der Waals surface area contributed by atoms with Crippen LogP contribution in [0, 0.1) is 0 Å². The smallest absolute Gasteiger partial charge is 0.160 e. The minimum absolute atomic E-state index is 0.217. The lowest BCUT2D eigenvalue weighted by Gasteiger charge is -2.25. The molecule has 13 rings (SSSR count). The van der Waals surface area contributed by atoms with Crippen molar-refractivity contribution in [2.45, 2.75) is 19.3 Å². The molecular formula is C66H45N3. The molecule has 2 aromatic heterocycles. The Labute approximate surface area is 402 Å². The van der Waals surface area contributed by atoms with Crippen LogP contribution in [-0.2, 0) is 5.41 Å². The fourth-order valence-electron chi connectivity index (χ4n) is 10.7. The van der Waals surface area contributed by atoms with Gasteiger partial charge in [0.15, 0.2) is 5.82 Å². The van der Waals surface area contributed by atoms with E-state index >= 15 is 0 Å². The van der Waals surface area contributed by atoms with Crippen LogP contribution in [0.2, 0.25) is 0 Å². The molecule has 1 aliphatic carbocycles. The Morgan fingerprint density at radius 1 is 0.333 bits per heavy atom. The van der Waals surface area contributed by atoms with Crippen molar-refractivity contribution in [2.75, 3.05) is 0 Å². The molecule has 0 unspecified atom stereocenters. The minimum Gasteiger partial charge on any atom is -0.247 e. The van der Waals surface area contributed by atoms with Gasteiger partial charge in [0.1, 0.15) is 0 Å². The van der Waals surface area contributed by atoms with E-state index in [2.05, 4.69) is 250 Å². The highest BCUT2D eigenvalue weighted by molar-refractivity contribution is 6.16. The third-order valence-electron chi connectivity index (χ3n) is 14.3. The Bertz CT molecular complexity index is 3830. The van der Waals surface area contributed by atoms with Gasteiger partial charge in [0.05, 0.1) is 22.6 Å². The first-order chi connectivity index (χ1) is 33.9. The van der Waals surface area contributed by atoms with Crippen LogP contribution in [0.4, 0.5) is 0 Å². The molecule has 0 saturated carbocycles. The van der Waals surface area contributed by atoms with Crippen molar-refractivity contribution >= 4 is 32.4 Å². The summed E-state index contributed by atoms with van der Waals surface area (Å²) < 4.78 is 0. The highest BCUT2D eigenvalue weighted by Crippen LogP contribution is 2.54. The van der Waals surface area contributed by atoms with Crippen molar-refractivity contribution in [1.29, 1.82) is 0 Å². The van der Waals surface area contributed by atoms with Gasteiger partial charge in [0.25, 0.3) is 0 Å². The minimum atomic E-state index is -0.217. The maximum absolute atomic E-state index is 5.40. The summed E-state index contributed by atoms with van der Waals surface area (Å²) in [7, 11) is 0. The summed E-state index contributed by atoms with van der Waals surface area (Å²) in [6.45, 7) is 4.71. The third-order valence-corrected chi connectivity index (χ3v) is 14.3. The van der Waals surface area contributed by atoms with E-state index < -0.39 is 0 Å². The van der Waals surface area contributed by atoms with Gasteiger partial charge in [-0.1, -0.05) is 226 Å². The van der Waals surface area contributed by atoms with Gasteiger partial charge in [-0.25, -0.2) is 15.0 Å². The first-order valence-corrected chi connectivity index (χ1v) is 23.7. The van der Waals surface area contributed by atoms with Crippen molar-refractivity contribution in [2.24, 2.45) is 0 Å². The molecule has 0 spiro atoms. The quantitative estimate of drug-likeness (QED) is 0.150. The summed E-state index contributed by atoms with van der Waals surface area (Å²) in [6.07, 6.45) is 0. The average molecular weight is 880 g/mol. The molecule has 2 heterocycles. The van der Waals surface area contributed by atoms with Gasteiger partial charge in [0, 0.05) is 33.1 Å². The van der Waals surface area contributed by atoms with E-state index in [-0.39, 0.29) is 5.41 Å². The third kappa shape index (κ3) is 7.01. The second-order valence-corrected chi connectivity index (χ2v) is 18.8. The molecule has 10 aromatic carbocycles. The second kappa shape index (κ2) is 16.2. The molecule has 0 atom stereocenters. The lowest BCUT2D eigenvalue weighted by molar-refractivity contribution is 0.662. The number of fused-ring (bicyclic) bond motifs is 7. The first-order valence-electron chi connectivity index (χ1n) is 23.7. The van der Waals surface area contributed by atoms with Gasteiger partial charge < -0.3 is 0 Å². The van der Waals surface area contributed by atoms with Crippen LogP contribution in [-0.4, -0.2) is 15.0 Å². The zero-order valence-electron chi connectivity index (χ0n) is 38.4. The summed E-state index contributed by atoms with van der Waals surface area (Å²) in [5, 5.41) is 5.96. The summed E-state index contributed by atoms with van der Waals surface area (Å²) in [5.41, 5.74) is 20.1. The number of hydrogen-bond donors (Lipinski definition) is 0. The van der Waals surface area contributed by atoms with Gasteiger partial charge in [-0.3, -0.25) is 0 Å². The van der Waals surface area contributed by atoms with Crippen LogP contribution in [0.3, 0.4) is 0 Å². The highest BCUT2D eigenvalue weighted by Gasteiger charge is 2.39. The number of rotatable bonds is 7. The predicted octanol–water partition coefficient (Wildman–Crippen LogP) is 17.3. The lowest BCUT2D eigenvalue weighted by Crippen LogP contribution is -2.16. The molecule has 3 heteroatoms. The normalized spacial score (nSPS) is 12.6. The van der Waals surface area contributed by atoms with E-state index in [9.17, 15) is 0 Å². The van der Waals surface area contributed by atoms with Gasteiger partial charge in [0.2, 0.25) is 0 Å². The molecule has 324 valence electrons. The topological polar surface area (TPSA) is 38.7 Å². The molecular weight excluding hydrogens is 835 g/mol. The molecule has 0 saturated heterocycles. The molecule has 3 nitrogen and oxygen atoms in total. The number of aromatic nitrogens is 3. The Balaban J connectivity index is 0.867. The van der Waals surface area contributed by atoms with E-state index in [1.54, 1.807) is 0 Å². The maximum atomic E-state index is 5.40. The van der Waals surface area contributed by atoms with E-state index in [1.165, 1.54) is 77.4 Å². The Morgan fingerprint density at radius 3 is 1.43 bits per heavy atom. The molecule has 0 bridgehead atoms. The highest BCUT2D eigenvalue weighted by atomic mass is 14.9. The molecule has 12 aromatic rings. The van der Waals surface area contributed by atoms with Gasteiger partial charge in [-0.05, 0) is 101 Å². The van der Waals surface area contributed by atoms with Gasteiger partial charge >= 0.3 is 0 Å². The summed E-state index contributed by atoms with van der Waals surface area (Å²) in [5.74, 6) is 0.692. The predicted molar refractivity (Wildman–Crippen MR) is 288 cm³/mol. The zero-order valence-corrected chi connectivity index (χ0v) is 38.4. The van der Waals surface area contributed by atoms with E-state index in [1.807, 2.05) is 0 Å². The van der Waals surface area contributed by atoms with E-state index in [4.69, 9.17) is 15.0 Å². The maximum Gasteiger partial charge on any atom is 0.160 e. The van der Waals surface area contributed by atoms with Crippen molar-refractivity contribution in [3.63, 3.8) is 0 Å². The van der Waals surface area contributed by atoms with Crippen molar-refractivity contribution < 1.29 is 0 Å². The van der Waals surface area contributed by atoms with Crippen LogP contribution < -0.4 is 0 Å². The molecule has 0 aliphatic heterocycles. The Morgan fingerprint density at radius 2 is 0.797 bits per heavy atom. The van der Waals surface area contributed by atoms with E-state index in [0.29, 0.717) is 5.82 Å². The Kier molecular flexibility index (Phi) is 9.52. The molecule has 0 fully saturated rings. The monoisotopic (exact) mass is 879 g/mol. The largest absolute Gasteiger partial charge is 0.247 e. The zero-order chi connectivity index (χ0) is 46.1. The van der Waals surface area contributed by atoms with Crippen molar-refractivity contribution in [1.82, 2.24) is 15.0 Å². The Hall–Kier alpha value is -8.79. The van der Waals surface area contributed by atoms with Crippen LogP contribution in [0.1, 0.15) is 25.0 Å². The molecule has 0 amide bonds.